The average Bonchev–Trinajstić information content (AvgIpc) is 3.78. The number of carboxylic acids is 2. The highest BCUT2D eigenvalue weighted by atomic mass is 16.4. The zero-order valence-electron chi connectivity index (χ0n) is 26.1. The smallest absolute Gasteiger partial charge is 0.321 e. The van der Waals surface area contributed by atoms with Crippen molar-refractivity contribution in [3.8, 4) is 0 Å². The van der Waals surface area contributed by atoms with Gasteiger partial charge in [-0.3, -0.25) is 48.2 Å². The maximum atomic E-state index is 12.2. The maximum Gasteiger partial charge on any atom is 0.321 e. The fourth-order valence-electron chi connectivity index (χ4n) is 4.96. The van der Waals surface area contributed by atoms with Gasteiger partial charge in [-0.25, -0.2) is 0 Å². The normalized spacial score (nSPS) is 22.2. The Kier molecular flexibility index (Phi) is 16.2. The summed E-state index contributed by atoms with van der Waals surface area (Å²) in [6.07, 6.45) is 9.22. The molecule has 1 saturated carbocycles. The SMILES string of the molecule is C1CCCC1.CC1CC(=O)N(C)C1=O.CNC(=O)C(CC(=O)N1CCCC1)N1C(=O)CC(C)C1=O.NC(CC(=O)O)C(=O)O. The molecular weight excluding hydrogens is 578 g/mol. The molecule has 4 aliphatic rings. The highest BCUT2D eigenvalue weighted by molar-refractivity contribution is 6.07. The zero-order chi connectivity index (χ0) is 33.6. The molecule has 0 aromatic heterocycles. The molecule has 248 valence electrons. The zero-order valence-corrected chi connectivity index (χ0v) is 26.1. The summed E-state index contributed by atoms with van der Waals surface area (Å²) >= 11 is 0. The van der Waals surface area contributed by atoms with Crippen molar-refractivity contribution in [1.82, 2.24) is 20.0 Å². The van der Waals surface area contributed by atoms with Gasteiger partial charge < -0.3 is 26.2 Å². The van der Waals surface area contributed by atoms with Crippen LogP contribution in [0.2, 0.25) is 0 Å². The Balaban J connectivity index is 0.000000345. The molecule has 0 spiro atoms. The van der Waals surface area contributed by atoms with E-state index in [1.54, 1.807) is 18.7 Å². The largest absolute Gasteiger partial charge is 0.481 e. The Morgan fingerprint density at radius 3 is 1.59 bits per heavy atom. The van der Waals surface area contributed by atoms with E-state index in [0.29, 0.717) is 19.5 Å². The van der Waals surface area contributed by atoms with E-state index in [4.69, 9.17) is 15.9 Å². The second kappa shape index (κ2) is 18.7. The Morgan fingerprint density at radius 2 is 1.30 bits per heavy atom. The summed E-state index contributed by atoms with van der Waals surface area (Å²) < 4.78 is 0. The first-order valence-electron chi connectivity index (χ1n) is 15.0. The number of hydrogen-bond donors (Lipinski definition) is 4. The van der Waals surface area contributed by atoms with Crippen molar-refractivity contribution >= 4 is 47.4 Å². The molecule has 4 atom stereocenters. The number of nitrogens with zero attached hydrogens (tertiary/aromatic N) is 3. The minimum absolute atomic E-state index is 0.0556. The van der Waals surface area contributed by atoms with Gasteiger partial charge in [0.15, 0.2) is 0 Å². The molecule has 5 N–H and O–H groups in total. The summed E-state index contributed by atoms with van der Waals surface area (Å²) in [5.41, 5.74) is 4.84. The van der Waals surface area contributed by atoms with Crippen molar-refractivity contribution < 1.29 is 48.6 Å². The van der Waals surface area contributed by atoms with Crippen LogP contribution in [0.5, 0.6) is 0 Å². The summed E-state index contributed by atoms with van der Waals surface area (Å²) in [7, 11) is 2.96. The number of hydrogen-bond acceptors (Lipinski definition) is 9. The minimum atomic E-state index is -1.29. The van der Waals surface area contributed by atoms with Crippen LogP contribution in [0.1, 0.15) is 84.5 Å². The second-order valence-corrected chi connectivity index (χ2v) is 11.3. The molecule has 4 unspecified atom stereocenters. The molecule has 4 fully saturated rings. The molecule has 44 heavy (non-hydrogen) atoms. The molecule has 15 heteroatoms. The number of nitrogens with one attached hydrogen (secondary N) is 1. The molecule has 15 nitrogen and oxygen atoms in total. The summed E-state index contributed by atoms with van der Waals surface area (Å²) in [5.74, 6) is -4.54. The van der Waals surface area contributed by atoms with Crippen molar-refractivity contribution in [1.29, 1.82) is 0 Å². The lowest BCUT2D eigenvalue weighted by Crippen LogP contribution is -2.51. The highest BCUT2D eigenvalue weighted by Crippen LogP contribution is 2.24. The van der Waals surface area contributed by atoms with Gasteiger partial charge in [0.25, 0.3) is 0 Å². The number of amides is 6. The molecule has 0 aromatic rings. The minimum Gasteiger partial charge on any atom is -0.481 e. The molecular formula is C29H47N5O10. The number of nitrogens with two attached hydrogens (primary N) is 1. The van der Waals surface area contributed by atoms with Crippen LogP contribution >= 0.6 is 0 Å². The average molecular weight is 626 g/mol. The van der Waals surface area contributed by atoms with Crippen LogP contribution in [0, 0.1) is 11.8 Å². The van der Waals surface area contributed by atoms with Crippen LogP contribution in [0.25, 0.3) is 0 Å². The molecule has 0 bridgehead atoms. The molecule has 0 radical (unpaired) electrons. The van der Waals surface area contributed by atoms with Crippen LogP contribution in [0.15, 0.2) is 0 Å². The fourth-order valence-corrected chi connectivity index (χ4v) is 4.96. The number of likely N-dealkylation sites (N-methyl/N-ethyl adjacent to an activating group) is 1. The highest BCUT2D eigenvalue weighted by Gasteiger charge is 2.44. The van der Waals surface area contributed by atoms with E-state index in [-0.39, 0.29) is 48.3 Å². The summed E-state index contributed by atoms with van der Waals surface area (Å²) in [6, 6.07) is -2.32. The monoisotopic (exact) mass is 625 g/mol. The molecule has 3 heterocycles. The molecule has 1 aliphatic carbocycles. The van der Waals surface area contributed by atoms with E-state index in [0.717, 1.165) is 17.7 Å². The summed E-state index contributed by atoms with van der Waals surface area (Å²) in [5, 5.41) is 18.5. The van der Waals surface area contributed by atoms with Crippen molar-refractivity contribution in [2.24, 2.45) is 17.6 Å². The Morgan fingerprint density at radius 1 is 0.818 bits per heavy atom. The third kappa shape index (κ3) is 12.0. The second-order valence-electron chi connectivity index (χ2n) is 11.3. The third-order valence-electron chi connectivity index (χ3n) is 7.66. The summed E-state index contributed by atoms with van der Waals surface area (Å²) in [4.78, 5) is 93.3. The first-order valence-corrected chi connectivity index (χ1v) is 15.0. The lowest BCUT2D eigenvalue weighted by Gasteiger charge is -2.26. The van der Waals surface area contributed by atoms with Gasteiger partial charge in [-0.2, -0.15) is 0 Å². The van der Waals surface area contributed by atoms with Crippen molar-refractivity contribution in [2.45, 2.75) is 96.6 Å². The van der Waals surface area contributed by atoms with E-state index >= 15 is 0 Å². The van der Waals surface area contributed by atoms with Crippen molar-refractivity contribution in [3.05, 3.63) is 0 Å². The molecule has 0 aromatic carbocycles. The van der Waals surface area contributed by atoms with E-state index < -0.39 is 42.3 Å². The van der Waals surface area contributed by atoms with Crippen LogP contribution in [-0.2, 0) is 38.4 Å². The van der Waals surface area contributed by atoms with Gasteiger partial charge in [-0.1, -0.05) is 46.0 Å². The molecule has 4 rings (SSSR count). The number of rotatable bonds is 7. The van der Waals surface area contributed by atoms with Gasteiger partial charge in [0, 0.05) is 51.9 Å². The topological polar surface area (TPSA) is 225 Å². The first kappa shape index (κ1) is 38.1. The van der Waals surface area contributed by atoms with Crippen LogP contribution < -0.4 is 11.1 Å². The lowest BCUT2D eigenvalue weighted by atomic mass is 10.1. The van der Waals surface area contributed by atoms with Crippen LogP contribution in [-0.4, -0.2) is 112 Å². The number of aliphatic carboxylic acids is 2. The van der Waals surface area contributed by atoms with Gasteiger partial charge in [0.05, 0.1) is 12.8 Å². The third-order valence-corrected chi connectivity index (χ3v) is 7.66. The van der Waals surface area contributed by atoms with Gasteiger partial charge in [-0.15, -0.1) is 0 Å². The quantitative estimate of drug-likeness (QED) is 0.282. The number of imide groups is 2. The van der Waals surface area contributed by atoms with Gasteiger partial charge in [0.2, 0.25) is 35.4 Å². The number of carbonyl (C=O) groups excluding carboxylic acids is 6. The number of carboxylic acid groups (broad SMARTS) is 2. The predicted octanol–water partition coefficient (Wildman–Crippen LogP) is 0.343. The van der Waals surface area contributed by atoms with Crippen LogP contribution in [0.3, 0.4) is 0 Å². The lowest BCUT2D eigenvalue weighted by molar-refractivity contribution is -0.149. The fraction of sp³-hybridized carbons (Fsp3) is 0.724. The van der Waals surface area contributed by atoms with E-state index in [1.807, 2.05) is 0 Å². The molecule has 6 amide bonds. The van der Waals surface area contributed by atoms with Crippen molar-refractivity contribution in [2.75, 3.05) is 27.2 Å². The summed E-state index contributed by atoms with van der Waals surface area (Å²) in [6.45, 7) is 4.78. The maximum absolute atomic E-state index is 12.2. The van der Waals surface area contributed by atoms with E-state index in [1.165, 1.54) is 51.1 Å². The van der Waals surface area contributed by atoms with Gasteiger partial charge >= 0.3 is 11.9 Å². The molecule has 3 aliphatic heterocycles. The Hall–Kier alpha value is -3.88. The predicted molar refractivity (Wildman–Crippen MR) is 156 cm³/mol. The van der Waals surface area contributed by atoms with E-state index in [9.17, 15) is 38.4 Å². The Labute approximate surface area is 257 Å². The van der Waals surface area contributed by atoms with Crippen molar-refractivity contribution in [3.63, 3.8) is 0 Å². The molecule has 3 saturated heterocycles. The number of likely N-dealkylation sites (tertiary alicyclic amines) is 3. The van der Waals surface area contributed by atoms with E-state index in [2.05, 4.69) is 5.32 Å². The number of carbonyl (C=O) groups is 8. The Bertz CT molecular complexity index is 1060. The standard InChI is InChI=1S/C14H21N3O4.C6H9NO2.C5H10.C4H7NO4/c1-9-7-12(19)17(14(9)21)10(13(20)15-2)8-11(18)16-5-3-4-6-16;1-4-3-5(8)7(2)6(4)9;1-2-4-5-3-1;5-2(4(8)9)1-3(6)7/h9-10H,3-8H2,1-2H3,(H,15,20);4H,3H2,1-2H3;1-5H2;2H,1,5H2,(H,6,7)(H,8,9). The van der Waals surface area contributed by atoms with Crippen LogP contribution in [0.4, 0.5) is 0 Å². The first-order chi connectivity index (χ1) is 20.6. The van der Waals surface area contributed by atoms with Gasteiger partial charge in [0.1, 0.15) is 12.1 Å². The van der Waals surface area contributed by atoms with Gasteiger partial charge in [-0.05, 0) is 12.8 Å².